The largest absolute Gasteiger partial charge is 0.287 e. The van der Waals surface area contributed by atoms with Crippen LogP contribution in [0.1, 0.15) is 28.7 Å². The molecule has 0 aliphatic rings. The van der Waals surface area contributed by atoms with Gasteiger partial charge in [0, 0.05) is 12.6 Å². The first kappa shape index (κ1) is 11.5. The number of carbonyl (C=O) groups is 1. The maximum Gasteiger partial charge on any atom is 0.211 e. The van der Waals surface area contributed by atoms with E-state index in [-0.39, 0.29) is 11.6 Å². The molecular weight excluding hydrogens is 219 g/mol. The summed E-state index contributed by atoms with van der Waals surface area (Å²) in [5.74, 6) is -0.486. The first-order valence-corrected chi connectivity index (χ1v) is 5.45. The minimum atomic E-state index is -0.346. The van der Waals surface area contributed by atoms with Crippen molar-refractivity contribution in [2.45, 2.75) is 13.3 Å². The van der Waals surface area contributed by atoms with E-state index in [2.05, 4.69) is 5.10 Å². The number of aromatic nitrogens is 2. The van der Waals surface area contributed by atoms with Gasteiger partial charge >= 0.3 is 0 Å². The molecule has 0 N–H and O–H groups in total. The van der Waals surface area contributed by atoms with Crippen molar-refractivity contribution in [1.82, 2.24) is 9.78 Å². The highest BCUT2D eigenvalue weighted by molar-refractivity contribution is 6.07. The first-order chi connectivity index (χ1) is 8.11. The minimum absolute atomic E-state index is 0.139. The summed E-state index contributed by atoms with van der Waals surface area (Å²) < 4.78 is 14.3. The first-order valence-electron chi connectivity index (χ1n) is 5.45. The summed E-state index contributed by atoms with van der Waals surface area (Å²) in [6.45, 7) is 1.98. The van der Waals surface area contributed by atoms with Gasteiger partial charge in [-0.2, -0.15) is 5.10 Å². The quantitative estimate of drug-likeness (QED) is 0.761. The van der Waals surface area contributed by atoms with E-state index in [1.807, 2.05) is 6.92 Å². The van der Waals surface area contributed by atoms with Gasteiger partial charge in [-0.15, -0.1) is 0 Å². The summed E-state index contributed by atoms with van der Waals surface area (Å²) in [5, 5.41) is 4.22. The molecule has 3 nitrogen and oxygen atoms in total. The van der Waals surface area contributed by atoms with Gasteiger partial charge in [-0.25, -0.2) is 4.39 Å². The van der Waals surface area contributed by atoms with Crippen LogP contribution in [0, 0.1) is 5.82 Å². The number of benzene rings is 1. The van der Waals surface area contributed by atoms with Gasteiger partial charge in [0.1, 0.15) is 11.5 Å². The summed E-state index contributed by atoms with van der Waals surface area (Å²) in [6, 6.07) is 7.30. The molecule has 0 bridgehead atoms. The lowest BCUT2D eigenvalue weighted by Gasteiger charge is -2.00. The maximum atomic E-state index is 12.8. The highest BCUT2D eigenvalue weighted by Crippen LogP contribution is 2.12. The van der Waals surface area contributed by atoms with Gasteiger partial charge in [-0.1, -0.05) is 6.92 Å². The molecule has 2 rings (SSSR count). The number of rotatable bonds is 3. The van der Waals surface area contributed by atoms with Crippen molar-refractivity contribution in [3.63, 3.8) is 0 Å². The fourth-order valence-electron chi connectivity index (χ4n) is 1.66. The Morgan fingerprint density at radius 1 is 1.35 bits per heavy atom. The van der Waals surface area contributed by atoms with Gasteiger partial charge in [0.05, 0.1) is 5.69 Å². The molecule has 0 spiro atoms. The van der Waals surface area contributed by atoms with Crippen molar-refractivity contribution in [1.29, 1.82) is 0 Å². The highest BCUT2D eigenvalue weighted by atomic mass is 19.1. The van der Waals surface area contributed by atoms with E-state index in [0.717, 1.165) is 12.1 Å². The molecule has 0 saturated heterocycles. The molecule has 88 valence electrons. The maximum absolute atomic E-state index is 12.8. The summed E-state index contributed by atoms with van der Waals surface area (Å²) in [4.78, 5) is 12.1. The zero-order chi connectivity index (χ0) is 12.4. The van der Waals surface area contributed by atoms with E-state index in [9.17, 15) is 9.18 Å². The number of hydrogen-bond acceptors (Lipinski definition) is 2. The standard InChI is InChI=1S/C13H13FN2O/c1-3-11-8-12(16(2)15-11)13(17)9-4-6-10(14)7-5-9/h4-8H,3H2,1-2H3. The van der Waals surface area contributed by atoms with Crippen LogP contribution in [-0.2, 0) is 13.5 Å². The lowest BCUT2D eigenvalue weighted by molar-refractivity contribution is 0.103. The average Bonchev–Trinajstić information content (AvgIpc) is 2.71. The summed E-state index contributed by atoms with van der Waals surface area (Å²) in [6.07, 6.45) is 0.782. The Hall–Kier alpha value is -1.97. The molecule has 0 aliphatic heterocycles. The third-order valence-corrected chi connectivity index (χ3v) is 2.63. The van der Waals surface area contributed by atoms with E-state index in [1.54, 1.807) is 17.8 Å². The van der Waals surface area contributed by atoms with Crippen LogP contribution in [0.2, 0.25) is 0 Å². The number of hydrogen-bond donors (Lipinski definition) is 0. The lowest BCUT2D eigenvalue weighted by Crippen LogP contribution is -2.08. The van der Waals surface area contributed by atoms with Crippen molar-refractivity contribution in [3.8, 4) is 0 Å². The summed E-state index contributed by atoms with van der Waals surface area (Å²) in [7, 11) is 1.73. The zero-order valence-electron chi connectivity index (χ0n) is 9.77. The molecule has 0 saturated carbocycles. The second-order valence-electron chi connectivity index (χ2n) is 3.83. The summed E-state index contributed by atoms with van der Waals surface area (Å²) in [5.41, 5.74) is 1.86. The van der Waals surface area contributed by atoms with Crippen molar-refractivity contribution in [3.05, 3.63) is 53.1 Å². The number of ketones is 1. The Kier molecular flexibility index (Phi) is 3.04. The van der Waals surface area contributed by atoms with Gasteiger partial charge in [0.2, 0.25) is 5.78 Å². The van der Waals surface area contributed by atoms with Crippen LogP contribution < -0.4 is 0 Å². The van der Waals surface area contributed by atoms with E-state index in [0.29, 0.717) is 11.3 Å². The molecule has 2 aromatic rings. The smallest absolute Gasteiger partial charge is 0.211 e. The third-order valence-electron chi connectivity index (χ3n) is 2.63. The molecule has 17 heavy (non-hydrogen) atoms. The van der Waals surface area contributed by atoms with Crippen molar-refractivity contribution < 1.29 is 9.18 Å². The van der Waals surface area contributed by atoms with Gasteiger partial charge < -0.3 is 0 Å². The van der Waals surface area contributed by atoms with E-state index < -0.39 is 0 Å². The Bertz CT molecular complexity index is 543. The van der Waals surface area contributed by atoms with Crippen molar-refractivity contribution in [2.24, 2.45) is 7.05 Å². The molecule has 0 fully saturated rings. The number of aryl methyl sites for hydroxylation is 2. The van der Waals surface area contributed by atoms with Gasteiger partial charge in [0.25, 0.3) is 0 Å². The predicted octanol–water partition coefficient (Wildman–Crippen LogP) is 2.35. The SMILES string of the molecule is CCc1cc(C(=O)c2ccc(F)cc2)n(C)n1. The van der Waals surface area contributed by atoms with Crippen LogP contribution in [0.5, 0.6) is 0 Å². The number of halogens is 1. The fourth-order valence-corrected chi connectivity index (χ4v) is 1.66. The topological polar surface area (TPSA) is 34.9 Å². The average molecular weight is 232 g/mol. The number of nitrogens with zero attached hydrogens (tertiary/aromatic N) is 2. The van der Waals surface area contributed by atoms with Gasteiger partial charge in [-0.3, -0.25) is 9.48 Å². The lowest BCUT2D eigenvalue weighted by atomic mass is 10.1. The van der Waals surface area contributed by atoms with E-state index >= 15 is 0 Å². The molecule has 0 unspecified atom stereocenters. The normalized spacial score (nSPS) is 10.5. The van der Waals surface area contributed by atoms with Crippen molar-refractivity contribution >= 4 is 5.78 Å². The van der Waals surface area contributed by atoms with Crippen LogP contribution in [0.4, 0.5) is 4.39 Å². The van der Waals surface area contributed by atoms with Crippen LogP contribution in [0.3, 0.4) is 0 Å². The second-order valence-corrected chi connectivity index (χ2v) is 3.83. The van der Waals surface area contributed by atoms with Crippen LogP contribution >= 0.6 is 0 Å². The molecule has 4 heteroatoms. The molecule has 0 atom stereocenters. The van der Waals surface area contributed by atoms with Crippen LogP contribution in [0.25, 0.3) is 0 Å². The fraction of sp³-hybridized carbons (Fsp3) is 0.231. The van der Waals surface area contributed by atoms with Crippen molar-refractivity contribution in [2.75, 3.05) is 0 Å². The molecule has 1 heterocycles. The Morgan fingerprint density at radius 2 is 2.00 bits per heavy atom. The molecular formula is C13H13FN2O. The van der Waals surface area contributed by atoms with Gasteiger partial charge in [0.15, 0.2) is 0 Å². The highest BCUT2D eigenvalue weighted by Gasteiger charge is 2.14. The number of carbonyl (C=O) groups excluding carboxylic acids is 1. The Morgan fingerprint density at radius 3 is 2.53 bits per heavy atom. The Balaban J connectivity index is 2.36. The summed E-state index contributed by atoms with van der Waals surface area (Å²) >= 11 is 0. The van der Waals surface area contributed by atoms with Crippen LogP contribution in [-0.4, -0.2) is 15.6 Å². The van der Waals surface area contributed by atoms with Gasteiger partial charge in [-0.05, 0) is 36.8 Å². The monoisotopic (exact) mass is 232 g/mol. The zero-order valence-corrected chi connectivity index (χ0v) is 9.77. The Labute approximate surface area is 98.9 Å². The molecule has 1 aromatic carbocycles. The minimum Gasteiger partial charge on any atom is -0.287 e. The predicted molar refractivity (Wildman–Crippen MR) is 62.4 cm³/mol. The van der Waals surface area contributed by atoms with E-state index in [1.165, 1.54) is 24.3 Å². The molecule has 1 aromatic heterocycles. The second kappa shape index (κ2) is 4.49. The van der Waals surface area contributed by atoms with E-state index in [4.69, 9.17) is 0 Å². The van der Waals surface area contributed by atoms with Crippen LogP contribution in [0.15, 0.2) is 30.3 Å². The molecule has 0 amide bonds. The third kappa shape index (κ3) is 2.25. The molecule has 0 radical (unpaired) electrons. The molecule has 0 aliphatic carbocycles.